The fraction of sp³-hybridized carbons (Fsp3) is 0.167. The molecule has 6 aromatic rings. The number of carbonyl (C=O) groups is 1. The smallest absolute Gasteiger partial charge is 0.259 e. The van der Waals surface area contributed by atoms with Crippen molar-refractivity contribution < 1.29 is 23.0 Å². The van der Waals surface area contributed by atoms with E-state index in [1.54, 1.807) is 30.5 Å². The summed E-state index contributed by atoms with van der Waals surface area (Å²) in [4.78, 5) is 29.6. The molecule has 3 aromatic carbocycles. The van der Waals surface area contributed by atoms with Crippen LogP contribution in [0, 0.1) is 18.6 Å². The summed E-state index contributed by atoms with van der Waals surface area (Å²) in [6.45, 7) is 3.30. The number of amides is 1. The van der Waals surface area contributed by atoms with Gasteiger partial charge in [0.25, 0.3) is 5.91 Å². The summed E-state index contributed by atoms with van der Waals surface area (Å²) in [5, 5.41) is 5.61. The normalized spacial score (nSPS) is 11.1. The van der Waals surface area contributed by atoms with Gasteiger partial charge in [-0.3, -0.25) is 9.20 Å². The third-order valence-corrected chi connectivity index (χ3v) is 7.50. The number of likely N-dealkylation sites (N-methyl/N-ethyl adjacent to an activating group) is 1. The second kappa shape index (κ2) is 13.9. The number of hydrogen-bond donors (Lipinski definition) is 2. The van der Waals surface area contributed by atoms with Gasteiger partial charge in [0.15, 0.2) is 0 Å². The van der Waals surface area contributed by atoms with E-state index in [0.717, 1.165) is 35.7 Å². The number of pyridine rings is 1. The molecule has 10 nitrogen and oxygen atoms in total. The van der Waals surface area contributed by atoms with E-state index in [4.69, 9.17) is 19.4 Å². The van der Waals surface area contributed by atoms with E-state index in [2.05, 4.69) is 15.6 Å². The zero-order chi connectivity index (χ0) is 33.8. The summed E-state index contributed by atoms with van der Waals surface area (Å²) in [5.41, 5.74) is 4.22. The van der Waals surface area contributed by atoms with Crippen LogP contribution in [0.2, 0.25) is 0 Å². The SMILES string of the molecule is COc1ccc(-c2nc3cc(C)ccn3c2-c2ccnc(Nc3cccc(OCCN(C)C)c3)n2)cc1C(=O)Nc1c(F)cccc1F. The Labute approximate surface area is 276 Å². The number of ether oxygens (including phenoxy) is 2. The summed E-state index contributed by atoms with van der Waals surface area (Å²) in [7, 11) is 5.39. The summed E-state index contributed by atoms with van der Waals surface area (Å²) in [6.07, 6.45) is 3.55. The number of halogens is 2. The van der Waals surface area contributed by atoms with Crippen molar-refractivity contribution in [3.05, 3.63) is 114 Å². The molecule has 0 bridgehead atoms. The molecule has 0 fully saturated rings. The van der Waals surface area contributed by atoms with Gasteiger partial charge >= 0.3 is 0 Å². The van der Waals surface area contributed by atoms with Crippen molar-refractivity contribution in [3.63, 3.8) is 0 Å². The number of fused-ring (bicyclic) bond motifs is 1. The molecule has 3 heterocycles. The van der Waals surface area contributed by atoms with Crippen LogP contribution in [-0.4, -0.2) is 64.5 Å². The topological polar surface area (TPSA) is 106 Å². The summed E-state index contributed by atoms with van der Waals surface area (Å²) in [6, 6.07) is 21.5. The van der Waals surface area contributed by atoms with Crippen molar-refractivity contribution in [2.75, 3.05) is 45.0 Å². The average Bonchev–Trinajstić information content (AvgIpc) is 3.45. The Morgan fingerprint density at radius 1 is 0.958 bits per heavy atom. The minimum absolute atomic E-state index is 0.0644. The minimum Gasteiger partial charge on any atom is -0.496 e. The molecule has 0 unspecified atom stereocenters. The van der Waals surface area contributed by atoms with E-state index in [1.807, 2.05) is 72.9 Å². The Balaban J connectivity index is 1.38. The Morgan fingerprint density at radius 3 is 2.52 bits per heavy atom. The second-order valence-corrected chi connectivity index (χ2v) is 11.3. The quantitative estimate of drug-likeness (QED) is 0.155. The maximum Gasteiger partial charge on any atom is 0.259 e. The maximum atomic E-state index is 14.4. The molecule has 0 aliphatic rings. The van der Waals surface area contributed by atoms with Gasteiger partial charge in [-0.1, -0.05) is 12.1 Å². The third kappa shape index (κ3) is 6.93. The molecule has 1 amide bonds. The van der Waals surface area contributed by atoms with Gasteiger partial charge in [0.1, 0.15) is 41.1 Å². The Morgan fingerprint density at radius 2 is 1.75 bits per heavy atom. The molecule has 0 aliphatic carbocycles. The van der Waals surface area contributed by atoms with Crippen LogP contribution < -0.4 is 20.1 Å². The molecule has 244 valence electrons. The lowest BCUT2D eigenvalue weighted by atomic mass is 10.0. The van der Waals surface area contributed by atoms with Crippen molar-refractivity contribution in [1.29, 1.82) is 0 Å². The van der Waals surface area contributed by atoms with Crippen molar-refractivity contribution in [1.82, 2.24) is 24.3 Å². The first-order chi connectivity index (χ1) is 23.2. The molecule has 0 aliphatic heterocycles. The Bertz CT molecular complexity index is 2100. The molecule has 0 saturated carbocycles. The van der Waals surface area contributed by atoms with Gasteiger partial charge in [0.05, 0.1) is 29.8 Å². The molecule has 0 radical (unpaired) electrons. The Kier molecular flexibility index (Phi) is 9.26. The largest absolute Gasteiger partial charge is 0.496 e. The summed E-state index contributed by atoms with van der Waals surface area (Å²) in [5.74, 6) is -1.25. The lowest BCUT2D eigenvalue weighted by molar-refractivity contribution is 0.102. The van der Waals surface area contributed by atoms with Gasteiger partial charge in [-0.2, -0.15) is 0 Å². The van der Waals surface area contributed by atoms with Gasteiger partial charge in [-0.25, -0.2) is 23.7 Å². The average molecular weight is 650 g/mol. The van der Waals surface area contributed by atoms with Crippen LogP contribution in [0.4, 0.5) is 26.1 Å². The fourth-order valence-electron chi connectivity index (χ4n) is 5.11. The van der Waals surface area contributed by atoms with Crippen molar-refractivity contribution in [3.8, 4) is 34.1 Å². The minimum atomic E-state index is -0.895. The van der Waals surface area contributed by atoms with E-state index in [9.17, 15) is 13.6 Å². The number of rotatable bonds is 11. The highest BCUT2D eigenvalue weighted by molar-refractivity contribution is 6.07. The van der Waals surface area contributed by atoms with Crippen LogP contribution in [0.5, 0.6) is 11.5 Å². The number of imidazole rings is 1. The van der Waals surface area contributed by atoms with Gasteiger partial charge < -0.3 is 25.0 Å². The highest BCUT2D eigenvalue weighted by Gasteiger charge is 2.22. The standard InChI is InChI=1S/C36H33F2N7O3/c1-22-14-16-45-31(19-22)42-32(23-11-12-30(47-4)26(20-23)35(46)43-33-27(37)9-6-10-28(33)38)34(45)29-13-15-39-36(41-29)40-24-7-5-8-25(21-24)48-18-17-44(2)3/h5-16,19-21H,17-18H2,1-4H3,(H,43,46)(H,39,40,41). The number of aromatic nitrogens is 4. The molecule has 0 spiro atoms. The molecule has 0 atom stereocenters. The number of hydrogen-bond acceptors (Lipinski definition) is 8. The lowest BCUT2D eigenvalue weighted by Gasteiger charge is -2.13. The van der Waals surface area contributed by atoms with E-state index in [0.29, 0.717) is 40.8 Å². The summed E-state index contributed by atoms with van der Waals surface area (Å²) >= 11 is 0. The zero-order valence-corrected chi connectivity index (χ0v) is 26.8. The molecular weight excluding hydrogens is 616 g/mol. The predicted octanol–water partition coefficient (Wildman–Crippen LogP) is 6.99. The van der Waals surface area contributed by atoms with Crippen LogP contribution >= 0.6 is 0 Å². The van der Waals surface area contributed by atoms with Crippen molar-refractivity contribution >= 4 is 28.9 Å². The highest BCUT2D eigenvalue weighted by Crippen LogP contribution is 2.35. The number of anilines is 3. The lowest BCUT2D eigenvalue weighted by Crippen LogP contribution is -2.19. The van der Waals surface area contributed by atoms with Crippen molar-refractivity contribution in [2.45, 2.75) is 6.92 Å². The number of methoxy groups -OCH3 is 1. The first-order valence-corrected chi connectivity index (χ1v) is 15.1. The van der Waals surface area contributed by atoms with Gasteiger partial charge in [0.2, 0.25) is 5.95 Å². The summed E-state index contributed by atoms with van der Waals surface area (Å²) < 4.78 is 42.0. The van der Waals surface area contributed by atoms with E-state index >= 15 is 0 Å². The van der Waals surface area contributed by atoms with E-state index < -0.39 is 23.2 Å². The van der Waals surface area contributed by atoms with Crippen molar-refractivity contribution in [2.24, 2.45) is 0 Å². The van der Waals surface area contributed by atoms with Gasteiger partial charge in [-0.15, -0.1) is 0 Å². The fourth-order valence-corrected chi connectivity index (χ4v) is 5.11. The third-order valence-electron chi connectivity index (χ3n) is 7.50. The van der Waals surface area contributed by atoms with Crippen LogP contribution in [0.25, 0.3) is 28.3 Å². The number of aryl methyl sites for hydroxylation is 1. The number of para-hydroxylation sites is 1. The second-order valence-electron chi connectivity index (χ2n) is 11.3. The number of benzene rings is 3. The highest BCUT2D eigenvalue weighted by atomic mass is 19.1. The van der Waals surface area contributed by atoms with Crippen LogP contribution in [0.15, 0.2) is 91.3 Å². The number of nitrogens with zero attached hydrogens (tertiary/aromatic N) is 5. The first-order valence-electron chi connectivity index (χ1n) is 15.1. The first kappa shape index (κ1) is 32.1. The predicted molar refractivity (Wildman–Crippen MR) is 181 cm³/mol. The number of carbonyl (C=O) groups excluding carboxylic acids is 1. The monoisotopic (exact) mass is 649 g/mol. The van der Waals surface area contributed by atoms with Gasteiger partial charge in [-0.05, 0) is 87.2 Å². The Hall–Kier alpha value is -5.88. The van der Waals surface area contributed by atoms with Crippen LogP contribution in [0.1, 0.15) is 15.9 Å². The molecule has 48 heavy (non-hydrogen) atoms. The van der Waals surface area contributed by atoms with E-state index in [1.165, 1.54) is 13.2 Å². The van der Waals surface area contributed by atoms with E-state index in [-0.39, 0.29) is 11.3 Å². The molecule has 3 aromatic heterocycles. The molecule has 2 N–H and O–H groups in total. The van der Waals surface area contributed by atoms with Crippen LogP contribution in [0.3, 0.4) is 0 Å². The zero-order valence-electron chi connectivity index (χ0n) is 26.8. The van der Waals surface area contributed by atoms with Gasteiger partial charge in [0, 0.05) is 36.3 Å². The number of nitrogens with one attached hydrogen (secondary N) is 2. The molecule has 12 heteroatoms. The molecular formula is C36H33F2N7O3. The molecule has 0 saturated heterocycles. The molecule has 6 rings (SSSR count). The van der Waals surface area contributed by atoms with Crippen LogP contribution in [-0.2, 0) is 0 Å². The maximum absolute atomic E-state index is 14.4.